The Balaban J connectivity index is 1.84. The van der Waals surface area contributed by atoms with Gasteiger partial charge in [-0.05, 0) is 18.6 Å². The van der Waals surface area contributed by atoms with E-state index in [1.165, 1.54) is 17.7 Å². The van der Waals surface area contributed by atoms with Crippen molar-refractivity contribution in [3.05, 3.63) is 102 Å². The van der Waals surface area contributed by atoms with Crippen LogP contribution in [0, 0.1) is 17.0 Å². The monoisotopic (exact) mass is 472 g/mol. The molecule has 4 aromatic rings. The van der Waals surface area contributed by atoms with E-state index in [0.717, 1.165) is 10.1 Å². The van der Waals surface area contributed by atoms with E-state index < -0.39 is 22.3 Å². The van der Waals surface area contributed by atoms with E-state index in [0.29, 0.717) is 46.6 Å². The van der Waals surface area contributed by atoms with Crippen molar-refractivity contribution in [2.45, 2.75) is 19.6 Å². The quantitative estimate of drug-likeness (QED) is 0.333. The van der Waals surface area contributed by atoms with Crippen molar-refractivity contribution in [3.63, 3.8) is 0 Å². The van der Waals surface area contributed by atoms with Crippen LogP contribution in [-0.4, -0.2) is 25.2 Å². The molecule has 1 unspecified atom stereocenters. The third-order valence-corrected chi connectivity index (χ3v) is 6.53. The Morgan fingerprint density at radius 2 is 1.83 bits per heavy atom. The van der Waals surface area contributed by atoms with Crippen molar-refractivity contribution in [2.75, 3.05) is 6.61 Å². The van der Waals surface area contributed by atoms with E-state index in [-0.39, 0.29) is 5.69 Å². The van der Waals surface area contributed by atoms with Gasteiger partial charge in [0.2, 0.25) is 0 Å². The zero-order chi connectivity index (χ0) is 24.9. The fraction of sp³-hybridized carbons (Fsp3) is 0.231. The molecule has 0 fully saturated rings. The molecule has 0 aliphatic carbocycles. The molecule has 2 aromatic carbocycles. The summed E-state index contributed by atoms with van der Waals surface area (Å²) in [6.07, 6.45) is 3.33. The lowest BCUT2D eigenvalue weighted by molar-refractivity contribution is -0.385. The number of benzene rings is 2. The van der Waals surface area contributed by atoms with Crippen molar-refractivity contribution in [1.29, 1.82) is 0 Å². The van der Waals surface area contributed by atoms with Gasteiger partial charge >= 0.3 is 5.69 Å². The Morgan fingerprint density at radius 3 is 2.54 bits per heavy atom. The first kappa shape index (κ1) is 22.5. The van der Waals surface area contributed by atoms with Gasteiger partial charge in [0.1, 0.15) is 6.10 Å². The van der Waals surface area contributed by atoms with E-state index >= 15 is 0 Å². The zero-order valence-corrected chi connectivity index (χ0v) is 19.6. The van der Waals surface area contributed by atoms with Crippen LogP contribution in [0.4, 0.5) is 5.69 Å². The summed E-state index contributed by atoms with van der Waals surface area (Å²) in [5.41, 5.74) is 2.83. The van der Waals surface area contributed by atoms with E-state index in [1.54, 1.807) is 26.1 Å². The van der Waals surface area contributed by atoms with Gasteiger partial charge in [-0.3, -0.25) is 24.0 Å². The lowest BCUT2D eigenvalue weighted by Crippen LogP contribution is -2.37. The van der Waals surface area contributed by atoms with Crippen molar-refractivity contribution < 1.29 is 9.66 Å². The van der Waals surface area contributed by atoms with Gasteiger partial charge in [-0.2, -0.15) is 0 Å². The molecule has 0 N–H and O–H groups in total. The van der Waals surface area contributed by atoms with Crippen LogP contribution in [0.2, 0.25) is 0 Å². The summed E-state index contributed by atoms with van der Waals surface area (Å²) in [6, 6.07) is 14.7. The second-order valence-electron chi connectivity index (χ2n) is 8.63. The minimum atomic E-state index is -0.515. The average Bonchev–Trinajstić information content (AvgIpc) is 3.21. The molecule has 0 bridgehead atoms. The number of ether oxygens (including phenoxy) is 1. The van der Waals surface area contributed by atoms with Gasteiger partial charge in [-0.1, -0.05) is 48.5 Å². The lowest BCUT2D eigenvalue weighted by Gasteiger charge is -2.25. The van der Waals surface area contributed by atoms with Crippen molar-refractivity contribution in [2.24, 2.45) is 14.1 Å². The fourth-order valence-electron chi connectivity index (χ4n) is 4.77. The molecular formula is C26H24N4O5. The number of aromatic nitrogens is 3. The maximum absolute atomic E-state index is 13.4. The minimum absolute atomic E-state index is 0.0274. The Morgan fingerprint density at radius 1 is 1.09 bits per heavy atom. The van der Waals surface area contributed by atoms with Crippen LogP contribution >= 0.6 is 0 Å². The number of fused-ring (bicyclic) bond motifs is 3. The second-order valence-corrected chi connectivity index (χ2v) is 8.63. The van der Waals surface area contributed by atoms with Crippen LogP contribution in [0.3, 0.4) is 0 Å². The van der Waals surface area contributed by atoms with Crippen LogP contribution in [0.25, 0.3) is 28.2 Å². The first-order valence-corrected chi connectivity index (χ1v) is 11.2. The third kappa shape index (κ3) is 3.60. The lowest BCUT2D eigenvalue weighted by atomic mass is 10.1. The van der Waals surface area contributed by atoms with Gasteiger partial charge in [-0.25, -0.2) is 4.79 Å². The van der Waals surface area contributed by atoms with Crippen molar-refractivity contribution in [3.8, 4) is 11.3 Å². The summed E-state index contributed by atoms with van der Waals surface area (Å²) in [5.74, 6) is 0. The van der Waals surface area contributed by atoms with Crippen molar-refractivity contribution in [1.82, 2.24) is 13.7 Å². The molecule has 0 saturated heterocycles. The standard InChI is InChI=1S/C26H24N4O5/c1-16-9-11-18(15-19(16)30(33)34)22-21-24(27(2)26(32)28(3)25(21)31)23-20(35-14-13-29(22)23)12-10-17-7-5-4-6-8-17/h4-12,15,20H,13-14H2,1-3H3/b12-10+. The Labute approximate surface area is 200 Å². The number of nitro groups is 1. The molecule has 1 atom stereocenters. The number of aryl methyl sites for hydroxylation is 2. The molecule has 0 radical (unpaired) electrons. The molecule has 0 spiro atoms. The molecule has 0 saturated carbocycles. The maximum atomic E-state index is 13.4. The number of rotatable bonds is 4. The molecular weight excluding hydrogens is 448 g/mol. The molecule has 3 heterocycles. The molecule has 9 heteroatoms. The van der Waals surface area contributed by atoms with Crippen LogP contribution in [0.1, 0.15) is 22.9 Å². The second kappa shape index (κ2) is 8.52. The Kier molecular flexibility index (Phi) is 5.49. The van der Waals surface area contributed by atoms with Gasteiger partial charge in [0.05, 0.1) is 33.8 Å². The molecule has 9 nitrogen and oxygen atoms in total. The molecule has 178 valence electrons. The number of hydrogen-bond donors (Lipinski definition) is 0. The number of hydrogen-bond acceptors (Lipinski definition) is 5. The highest BCUT2D eigenvalue weighted by atomic mass is 16.6. The normalized spacial score (nSPS) is 15.6. The van der Waals surface area contributed by atoms with Gasteiger partial charge < -0.3 is 9.30 Å². The zero-order valence-electron chi connectivity index (χ0n) is 19.6. The molecule has 1 aliphatic heterocycles. The van der Waals surface area contributed by atoms with E-state index in [2.05, 4.69) is 0 Å². The third-order valence-electron chi connectivity index (χ3n) is 6.53. The Bertz CT molecular complexity index is 1630. The van der Waals surface area contributed by atoms with Crippen LogP contribution in [-0.2, 0) is 25.4 Å². The predicted molar refractivity (Wildman–Crippen MR) is 133 cm³/mol. The first-order valence-electron chi connectivity index (χ1n) is 11.2. The van der Waals surface area contributed by atoms with E-state index in [4.69, 9.17) is 4.74 Å². The summed E-state index contributed by atoms with van der Waals surface area (Å²) < 4.78 is 10.6. The summed E-state index contributed by atoms with van der Waals surface area (Å²) in [4.78, 5) is 37.5. The molecule has 2 aromatic heterocycles. The number of nitro benzene ring substituents is 1. The smallest absolute Gasteiger partial charge is 0.331 e. The highest BCUT2D eigenvalue weighted by Crippen LogP contribution is 2.39. The summed E-state index contributed by atoms with van der Waals surface area (Å²) >= 11 is 0. The van der Waals surface area contributed by atoms with Gasteiger partial charge in [0.15, 0.2) is 0 Å². The summed E-state index contributed by atoms with van der Waals surface area (Å²) in [5, 5.41) is 12.0. The number of nitrogens with zero attached hydrogens (tertiary/aromatic N) is 4. The van der Waals surface area contributed by atoms with E-state index in [9.17, 15) is 19.7 Å². The highest BCUT2D eigenvalue weighted by Gasteiger charge is 2.31. The molecule has 1 aliphatic rings. The minimum Gasteiger partial charge on any atom is -0.366 e. The summed E-state index contributed by atoms with van der Waals surface area (Å²) in [7, 11) is 3.06. The Hall–Kier alpha value is -4.24. The van der Waals surface area contributed by atoms with Crippen LogP contribution < -0.4 is 11.2 Å². The fourth-order valence-corrected chi connectivity index (χ4v) is 4.77. The SMILES string of the molecule is Cc1ccc(-c2c3c(=O)n(C)c(=O)n(C)c3c3n2CCOC3/C=C/c2ccccc2)cc1[N+](=O)[O-]. The van der Waals surface area contributed by atoms with Crippen LogP contribution in [0.5, 0.6) is 0 Å². The predicted octanol–water partition coefficient (Wildman–Crippen LogP) is 3.71. The average molecular weight is 473 g/mol. The summed E-state index contributed by atoms with van der Waals surface area (Å²) in [6.45, 7) is 2.50. The molecule has 0 amide bonds. The van der Waals surface area contributed by atoms with Gasteiger partial charge in [-0.15, -0.1) is 0 Å². The topological polar surface area (TPSA) is 101 Å². The first-order chi connectivity index (χ1) is 16.8. The van der Waals surface area contributed by atoms with Crippen LogP contribution in [0.15, 0.2) is 64.2 Å². The highest BCUT2D eigenvalue weighted by molar-refractivity contribution is 5.97. The van der Waals surface area contributed by atoms with Gasteiger partial charge in [0.25, 0.3) is 11.2 Å². The van der Waals surface area contributed by atoms with Crippen molar-refractivity contribution >= 4 is 22.7 Å². The molecule has 5 rings (SSSR count). The van der Waals surface area contributed by atoms with Gasteiger partial charge in [0, 0.05) is 37.8 Å². The maximum Gasteiger partial charge on any atom is 0.331 e. The largest absolute Gasteiger partial charge is 0.366 e. The van der Waals surface area contributed by atoms with E-state index in [1.807, 2.05) is 47.1 Å². The molecule has 35 heavy (non-hydrogen) atoms.